The molecule has 0 spiro atoms. The molecule has 2 aromatic heterocycles. The maximum atomic E-state index is 12.1. The van der Waals surface area contributed by atoms with Crippen molar-refractivity contribution in [1.29, 1.82) is 0 Å². The average molecular weight is 303 g/mol. The first-order chi connectivity index (χ1) is 8.81. The molecule has 3 N–H and O–H groups in total. The van der Waals surface area contributed by atoms with Gasteiger partial charge in [-0.1, -0.05) is 11.6 Å². The standard InChI is InChI=1S/C10H11ClN4O3S/c1-5-6(2)13-14-9(5)15-19(17,18)7-3-8(11)10(16)12-4-7/h3-4H,1-2H3,(H,12,16)(H2,13,14,15). The van der Waals surface area contributed by atoms with Gasteiger partial charge >= 0.3 is 0 Å². The van der Waals surface area contributed by atoms with Crippen LogP contribution in [-0.2, 0) is 10.0 Å². The Balaban J connectivity index is 2.40. The summed E-state index contributed by atoms with van der Waals surface area (Å²) in [6.07, 6.45) is 1.07. The van der Waals surface area contributed by atoms with E-state index in [1.54, 1.807) is 13.8 Å². The summed E-state index contributed by atoms with van der Waals surface area (Å²) in [5, 5.41) is 6.32. The highest BCUT2D eigenvalue weighted by Crippen LogP contribution is 2.19. The van der Waals surface area contributed by atoms with Crippen molar-refractivity contribution in [3.63, 3.8) is 0 Å². The number of halogens is 1. The van der Waals surface area contributed by atoms with Crippen LogP contribution in [0.2, 0.25) is 5.02 Å². The average Bonchev–Trinajstić information content (AvgIpc) is 2.64. The highest BCUT2D eigenvalue weighted by Gasteiger charge is 2.18. The number of hydrogen-bond donors (Lipinski definition) is 3. The van der Waals surface area contributed by atoms with Gasteiger partial charge in [0, 0.05) is 17.5 Å². The van der Waals surface area contributed by atoms with E-state index in [1.807, 2.05) is 0 Å². The third kappa shape index (κ3) is 2.64. The summed E-state index contributed by atoms with van der Waals surface area (Å²) in [5.74, 6) is 0.208. The summed E-state index contributed by atoms with van der Waals surface area (Å²) < 4.78 is 26.5. The number of anilines is 1. The van der Waals surface area contributed by atoms with E-state index in [0.717, 1.165) is 18.0 Å². The molecule has 19 heavy (non-hydrogen) atoms. The van der Waals surface area contributed by atoms with Gasteiger partial charge in [-0.2, -0.15) is 5.10 Å². The number of pyridine rings is 1. The van der Waals surface area contributed by atoms with Crippen molar-refractivity contribution >= 4 is 27.4 Å². The van der Waals surface area contributed by atoms with E-state index in [-0.39, 0.29) is 15.7 Å². The lowest BCUT2D eigenvalue weighted by Crippen LogP contribution is -2.16. The fourth-order valence-corrected chi connectivity index (χ4v) is 2.66. The van der Waals surface area contributed by atoms with E-state index in [0.29, 0.717) is 5.56 Å². The van der Waals surface area contributed by atoms with Gasteiger partial charge in [0.15, 0.2) is 5.82 Å². The zero-order valence-corrected chi connectivity index (χ0v) is 11.7. The molecule has 0 fully saturated rings. The third-order valence-electron chi connectivity index (χ3n) is 2.63. The first-order valence-electron chi connectivity index (χ1n) is 5.24. The molecule has 2 aromatic rings. The molecule has 0 aliphatic carbocycles. The topological polar surface area (TPSA) is 108 Å². The second kappa shape index (κ2) is 4.71. The van der Waals surface area contributed by atoms with Crippen LogP contribution in [-0.4, -0.2) is 23.6 Å². The summed E-state index contributed by atoms with van der Waals surface area (Å²) >= 11 is 5.60. The second-order valence-electron chi connectivity index (χ2n) is 3.94. The van der Waals surface area contributed by atoms with E-state index < -0.39 is 15.6 Å². The molecule has 0 radical (unpaired) electrons. The number of H-pyrrole nitrogens is 2. The number of aromatic nitrogens is 3. The van der Waals surface area contributed by atoms with Gasteiger partial charge in [0.25, 0.3) is 15.6 Å². The van der Waals surface area contributed by atoms with Crippen LogP contribution >= 0.6 is 11.6 Å². The van der Waals surface area contributed by atoms with Crippen molar-refractivity contribution in [1.82, 2.24) is 15.2 Å². The minimum atomic E-state index is -3.85. The lowest BCUT2D eigenvalue weighted by atomic mass is 10.3. The molecule has 9 heteroatoms. The molecule has 0 amide bonds. The summed E-state index contributed by atoms with van der Waals surface area (Å²) in [7, 11) is -3.85. The number of nitrogens with zero attached hydrogens (tertiary/aromatic N) is 1. The Labute approximate surface area is 114 Å². The van der Waals surface area contributed by atoms with E-state index in [9.17, 15) is 13.2 Å². The molecule has 7 nitrogen and oxygen atoms in total. The lowest BCUT2D eigenvalue weighted by Gasteiger charge is -2.06. The molecule has 0 aliphatic rings. The zero-order valence-electron chi connectivity index (χ0n) is 10.1. The summed E-state index contributed by atoms with van der Waals surface area (Å²) in [4.78, 5) is 13.2. The first-order valence-corrected chi connectivity index (χ1v) is 7.10. The summed E-state index contributed by atoms with van der Waals surface area (Å²) in [6.45, 7) is 3.51. The van der Waals surface area contributed by atoms with Gasteiger partial charge in [-0.15, -0.1) is 0 Å². The van der Waals surface area contributed by atoms with Crippen molar-refractivity contribution in [2.24, 2.45) is 0 Å². The van der Waals surface area contributed by atoms with E-state index in [1.165, 1.54) is 0 Å². The van der Waals surface area contributed by atoms with Gasteiger partial charge in [0.2, 0.25) is 0 Å². The predicted octanol–water partition coefficient (Wildman–Crippen LogP) is 1.17. The van der Waals surface area contributed by atoms with Crippen LogP contribution in [0.15, 0.2) is 22.0 Å². The van der Waals surface area contributed by atoms with Gasteiger partial charge < -0.3 is 4.98 Å². The van der Waals surface area contributed by atoms with E-state index in [2.05, 4.69) is 19.9 Å². The summed E-state index contributed by atoms with van der Waals surface area (Å²) in [6, 6.07) is 1.08. The highest BCUT2D eigenvalue weighted by atomic mass is 35.5. The van der Waals surface area contributed by atoms with Crippen molar-refractivity contribution in [3.05, 3.63) is 38.9 Å². The molecular weight excluding hydrogens is 292 g/mol. The number of sulfonamides is 1. The van der Waals surface area contributed by atoms with Crippen LogP contribution in [0.25, 0.3) is 0 Å². The molecule has 0 unspecified atom stereocenters. The Kier molecular flexibility index (Phi) is 3.38. The smallest absolute Gasteiger partial charge is 0.266 e. The van der Waals surface area contributed by atoms with Crippen LogP contribution in [0.3, 0.4) is 0 Å². The predicted molar refractivity (Wildman–Crippen MR) is 70.9 cm³/mol. The number of aryl methyl sites for hydroxylation is 1. The fraction of sp³-hybridized carbons (Fsp3) is 0.200. The van der Waals surface area contributed by atoms with Crippen LogP contribution in [0.1, 0.15) is 11.3 Å². The Bertz CT molecular complexity index is 778. The van der Waals surface area contributed by atoms with Crippen LogP contribution < -0.4 is 10.3 Å². The Morgan fingerprint density at radius 3 is 2.58 bits per heavy atom. The van der Waals surface area contributed by atoms with Crippen molar-refractivity contribution in [3.8, 4) is 0 Å². The molecule has 0 aromatic carbocycles. The molecule has 0 atom stereocenters. The zero-order chi connectivity index (χ0) is 14.2. The lowest BCUT2D eigenvalue weighted by molar-refractivity contribution is 0.600. The van der Waals surface area contributed by atoms with Gasteiger partial charge in [-0.05, 0) is 19.9 Å². The summed E-state index contributed by atoms with van der Waals surface area (Å²) in [5.41, 5.74) is 0.906. The van der Waals surface area contributed by atoms with Gasteiger partial charge in [-0.25, -0.2) is 8.42 Å². The van der Waals surface area contributed by atoms with E-state index in [4.69, 9.17) is 11.6 Å². The second-order valence-corrected chi connectivity index (χ2v) is 6.03. The van der Waals surface area contributed by atoms with Gasteiger partial charge in [-0.3, -0.25) is 14.6 Å². The number of aromatic amines is 2. The van der Waals surface area contributed by atoms with Crippen molar-refractivity contribution in [2.75, 3.05) is 4.72 Å². The Morgan fingerprint density at radius 1 is 1.37 bits per heavy atom. The Hall–Kier alpha value is -1.80. The molecule has 2 heterocycles. The van der Waals surface area contributed by atoms with Crippen LogP contribution in [0, 0.1) is 13.8 Å². The fourth-order valence-electron chi connectivity index (χ4n) is 1.36. The largest absolute Gasteiger partial charge is 0.326 e. The Morgan fingerprint density at radius 2 is 2.05 bits per heavy atom. The molecular formula is C10H11ClN4O3S. The van der Waals surface area contributed by atoms with Crippen molar-refractivity contribution in [2.45, 2.75) is 18.7 Å². The minimum absolute atomic E-state index is 0.142. The van der Waals surface area contributed by atoms with E-state index >= 15 is 0 Å². The van der Waals surface area contributed by atoms with Crippen LogP contribution in [0.5, 0.6) is 0 Å². The number of nitrogens with one attached hydrogen (secondary N) is 3. The van der Waals surface area contributed by atoms with Gasteiger partial charge in [0.05, 0.1) is 0 Å². The molecule has 0 bridgehead atoms. The first kappa shape index (κ1) is 13.6. The third-order valence-corrected chi connectivity index (χ3v) is 4.23. The molecule has 0 aliphatic heterocycles. The van der Waals surface area contributed by atoms with Crippen molar-refractivity contribution < 1.29 is 8.42 Å². The monoisotopic (exact) mass is 302 g/mol. The van der Waals surface area contributed by atoms with Gasteiger partial charge in [0.1, 0.15) is 9.92 Å². The molecule has 0 saturated heterocycles. The number of hydrogen-bond acceptors (Lipinski definition) is 4. The number of rotatable bonds is 3. The highest BCUT2D eigenvalue weighted by molar-refractivity contribution is 7.92. The van der Waals surface area contributed by atoms with Crippen LogP contribution in [0.4, 0.5) is 5.82 Å². The maximum Gasteiger partial charge on any atom is 0.266 e. The molecule has 0 saturated carbocycles. The minimum Gasteiger partial charge on any atom is -0.326 e. The maximum absolute atomic E-state index is 12.1. The molecule has 102 valence electrons. The molecule has 2 rings (SSSR count). The SMILES string of the molecule is Cc1[nH]nc(NS(=O)(=O)c2c[nH]c(=O)c(Cl)c2)c1C. The quantitative estimate of drug-likeness (QED) is 0.791. The normalized spacial score (nSPS) is 11.5.